The molecule has 20 heavy (non-hydrogen) atoms. The van der Waals surface area contributed by atoms with Crippen molar-refractivity contribution < 1.29 is 18.0 Å². The highest BCUT2D eigenvalue weighted by Gasteiger charge is 2.07. The molecule has 0 aromatic heterocycles. The zero-order chi connectivity index (χ0) is 14.7. The molecule has 0 aliphatic carbocycles. The fourth-order valence-corrected chi connectivity index (χ4v) is 1.59. The Morgan fingerprint density at radius 1 is 0.850 bits per heavy atom. The summed E-state index contributed by atoms with van der Waals surface area (Å²) in [6.07, 6.45) is 0. The Hall–Kier alpha value is -2.50. The van der Waals surface area contributed by atoms with Crippen molar-refractivity contribution in [1.82, 2.24) is 0 Å². The topological polar surface area (TPSA) is 41.1 Å². The van der Waals surface area contributed by atoms with E-state index in [1.54, 1.807) is 6.92 Å². The van der Waals surface area contributed by atoms with E-state index in [1.165, 1.54) is 24.3 Å². The van der Waals surface area contributed by atoms with Crippen LogP contribution in [0.1, 0.15) is 5.56 Å². The van der Waals surface area contributed by atoms with Crippen LogP contribution in [-0.4, -0.2) is 6.03 Å². The van der Waals surface area contributed by atoms with Crippen molar-refractivity contribution in [2.24, 2.45) is 0 Å². The van der Waals surface area contributed by atoms with Crippen LogP contribution in [-0.2, 0) is 0 Å². The second kappa shape index (κ2) is 5.64. The van der Waals surface area contributed by atoms with Crippen LogP contribution in [0, 0.1) is 24.4 Å². The second-order valence-corrected chi connectivity index (χ2v) is 4.17. The first-order valence-electron chi connectivity index (χ1n) is 5.75. The highest BCUT2D eigenvalue weighted by atomic mass is 19.2. The average molecular weight is 280 g/mol. The third-order valence-electron chi connectivity index (χ3n) is 2.59. The lowest BCUT2D eigenvalue weighted by Gasteiger charge is -2.08. The van der Waals surface area contributed by atoms with Crippen LogP contribution < -0.4 is 10.6 Å². The molecule has 2 N–H and O–H groups in total. The molecule has 0 fully saturated rings. The smallest absolute Gasteiger partial charge is 0.308 e. The molecule has 0 bridgehead atoms. The molecule has 2 amide bonds. The van der Waals surface area contributed by atoms with Crippen LogP contribution in [0.4, 0.5) is 29.3 Å². The fraction of sp³-hybridized carbons (Fsp3) is 0.0714. The molecule has 0 radical (unpaired) electrons. The maximum absolute atomic E-state index is 13.1. The highest BCUT2D eigenvalue weighted by Crippen LogP contribution is 2.16. The lowest BCUT2D eigenvalue weighted by Crippen LogP contribution is -2.19. The Bertz CT molecular complexity index is 603. The van der Waals surface area contributed by atoms with Gasteiger partial charge in [-0.25, -0.2) is 18.0 Å². The maximum atomic E-state index is 13.1. The molecule has 6 heteroatoms. The molecular formula is C14H11F3N2O. The minimum absolute atomic E-state index is 0.111. The molecule has 104 valence electrons. The Morgan fingerprint density at radius 3 is 1.95 bits per heavy atom. The molecule has 0 spiro atoms. The molecule has 0 unspecified atom stereocenters. The minimum atomic E-state index is -1.06. The van der Waals surface area contributed by atoms with E-state index in [1.807, 2.05) is 0 Å². The molecule has 0 saturated carbocycles. The first kappa shape index (κ1) is 13.9. The number of carbonyl (C=O) groups excluding carboxylic acids is 1. The summed E-state index contributed by atoms with van der Waals surface area (Å²) in [5, 5.41) is 4.80. The van der Waals surface area contributed by atoms with Gasteiger partial charge in [-0.2, -0.15) is 0 Å². The van der Waals surface area contributed by atoms with Gasteiger partial charge >= 0.3 is 6.03 Å². The monoisotopic (exact) mass is 280 g/mol. The second-order valence-electron chi connectivity index (χ2n) is 4.17. The first-order chi connectivity index (χ1) is 9.45. The van der Waals surface area contributed by atoms with Gasteiger partial charge in [0.2, 0.25) is 0 Å². The normalized spacial score (nSPS) is 10.2. The Balaban J connectivity index is 2.04. The number of benzene rings is 2. The molecule has 0 heterocycles. The molecule has 2 rings (SSSR count). The number of urea groups is 1. The van der Waals surface area contributed by atoms with Gasteiger partial charge in [0.15, 0.2) is 11.6 Å². The van der Waals surface area contributed by atoms with E-state index in [4.69, 9.17) is 0 Å². The molecule has 2 aromatic carbocycles. The molecule has 3 nitrogen and oxygen atoms in total. The predicted octanol–water partition coefficient (Wildman–Crippen LogP) is 4.06. The molecule has 0 saturated heterocycles. The SMILES string of the molecule is Cc1cc(NC(=O)Nc2ccc(F)c(F)c2)ccc1F. The number of anilines is 2. The van der Waals surface area contributed by atoms with Gasteiger partial charge in [-0.1, -0.05) is 0 Å². The molecule has 0 atom stereocenters. The summed E-state index contributed by atoms with van der Waals surface area (Å²) in [6, 6.07) is 6.45. The summed E-state index contributed by atoms with van der Waals surface area (Å²) in [6.45, 7) is 1.56. The number of hydrogen-bond acceptors (Lipinski definition) is 1. The lowest BCUT2D eigenvalue weighted by molar-refractivity contribution is 0.262. The van der Waals surface area contributed by atoms with Crippen molar-refractivity contribution in [3.05, 3.63) is 59.4 Å². The van der Waals surface area contributed by atoms with Crippen molar-refractivity contribution in [3.63, 3.8) is 0 Å². The molecule has 0 aliphatic rings. The van der Waals surface area contributed by atoms with E-state index in [-0.39, 0.29) is 11.5 Å². The maximum Gasteiger partial charge on any atom is 0.323 e. The predicted molar refractivity (Wildman–Crippen MR) is 70.1 cm³/mol. The van der Waals surface area contributed by atoms with Crippen LogP contribution in [0.2, 0.25) is 0 Å². The van der Waals surface area contributed by atoms with E-state index >= 15 is 0 Å². The zero-order valence-corrected chi connectivity index (χ0v) is 10.5. The lowest BCUT2D eigenvalue weighted by atomic mass is 10.2. The third-order valence-corrected chi connectivity index (χ3v) is 2.59. The summed E-state index contributed by atoms with van der Waals surface area (Å²) in [5.74, 6) is -2.43. The van der Waals surface area contributed by atoms with E-state index in [2.05, 4.69) is 10.6 Å². The Morgan fingerprint density at radius 2 is 1.40 bits per heavy atom. The van der Waals surface area contributed by atoms with Crippen LogP contribution >= 0.6 is 0 Å². The summed E-state index contributed by atoms with van der Waals surface area (Å²) >= 11 is 0. The number of rotatable bonds is 2. The van der Waals surface area contributed by atoms with Gasteiger partial charge in [-0.15, -0.1) is 0 Å². The number of hydrogen-bond donors (Lipinski definition) is 2. The Kier molecular flexibility index (Phi) is 3.93. The summed E-state index contributed by atoms with van der Waals surface area (Å²) in [7, 11) is 0. The number of halogens is 3. The van der Waals surface area contributed by atoms with Gasteiger partial charge in [-0.05, 0) is 42.8 Å². The van der Waals surface area contributed by atoms with Crippen molar-refractivity contribution in [3.8, 4) is 0 Å². The largest absolute Gasteiger partial charge is 0.323 e. The molecule has 2 aromatic rings. The van der Waals surface area contributed by atoms with Crippen LogP contribution in [0.15, 0.2) is 36.4 Å². The number of aryl methyl sites for hydroxylation is 1. The van der Waals surface area contributed by atoms with E-state index < -0.39 is 17.7 Å². The molecular weight excluding hydrogens is 269 g/mol. The van der Waals surface area contributed by atoms with Crippen LogP contribution in [0.3, 0.4) is 0 Å². The van der Waals surface area contributed by atoms with Gasteiger partial charge in [0.1, 0.15) is 5.82 Å². The number of amides is 2. The van der Waals surface area contributed by atoms with Gasteiger partial charge in [0.25, 0.3) is 0 Å². The van der Waals surface area contributed by atoms with Gasteiger partial charge < -0.3 is 10.6 Å². The van der Waals surface area contributed by atoms with Crippen LogP contribution in [0.25, 0.3) is 0 Å². The van der Waals surface area contributed by atoms with Gasteiger partial charge in [0.05, 0.1) is 0 Å². The number of carbonyl (C=O) groups is 1. The minimum Gasteiger partial charge on any atom is -0.308 e. The van der Waals surface area contributed by atoms with E-state index in [0.29, 0.717) is 11.3 Å². The first-order valence-corrected chi connectivity index (χ1v) is 5.75. The van der Waals surface area contributed by atoms with Gasteiger partial charge in [-0.3, -0.25) is 0 Å². The quantitative estimate of drug-likeness (QED) is 0.855. The van der Waals surface area contributed by atoms with E-state index in [9.17, 15) is 18.0 Å². The highest BCUT2D eigenvalue weighted by molar-refractivity contribution is 5.99. The standard InChI is InChI=1S/C14H11F3N2O/c1-8-6-9(2-4-11(8)15)18-14(20)19-10-3-5-12(16)13(17)7-10/h2-7H,1H3,(H2,18,19,20). The summed E-state index contributed by atoms with van der Waals surface area (Å²) in [5.41, 5.74) is 0.889. The number of nitrogens with one attached hydrogen (secondary N) is 2. The Labute approximate surface area is 113 Å². The van der Waals surface area contributed by atoms with Crippen molar-refractivity contribution in [2.45, 2.75) is 6.92 Å². The van der Waals surface area contributed by atoms with Crippen molar-refractivity contribution >= 4 is 17.4 Å². The summed E-state index contributed by atoms with van der Waals surface area (Å²) < 4.78 is 38.8. The van der Waals surface area contributed by atoms with E-state index in [0.717, 1.165) is 12.1 Å². The third kappa shape index (κ3) is 3.28. The van der Waals surface area contributed by atoms with Crippen molar-refractivity contribution in [2.75, 3.05) is 10.6 Å². The fourth-order valence-electron chi connectivity index (χ4n) is 1.59. The zero-order valence-electron chi connectivity index (χ0n) is 10.5. The molecule has 0 aliphatic heterocycles. The van der Waals surface area contributed by atoms with Crippen molar-refractivity contribution in [1.29, 1.82) is 0 Å². The summed E-state index contributed by atoms with van der Waals surface area (Å²) in [4.78, 5) is 11.6. The average Bonchev–Trinajstić information content (AvgIpc) is 2.38. The van der Waals surface area contributed by atoms with Gasteiger partial charge in [0, 0.05) is 17.4 Å². The van der Waals surface area contributed by atoms with Crippen LogP contribution in [0.5, 0.6) is 0 Å².